The lowest BCUT2D eigenvalue weighted by Crippen LogP contribution is -2.73. The van der Waals surface area contributed by atoms with Gasteiger partial charge in [0.1, 0.15) is 11.6 Å². The van der Waals surface area contributed by atoms with Crippen molar-refractivity contribution in [2.75, 3.05) is 39.8 Å². The number of likely N-dealkylation sites (N-methyl/N-ethyl adjacent to an activating group) is 1. The van der Waals surface area contributed by atoms with Gasteiger partial charge in [-0.15, -0.1) is 0 Å². The van der Waals surface area contributed by atoms with Crippen molar-refractivity contribution >= 4 is 17.8 Å². The van der Waals surface area contributed by atoms with Crippen LogP contribution in [0.4, 0.5) is 13.2 Å². The van der Waals surface area contributed by atoms with Crippen LogP contribution in [0.3, 0.4) is 0 Å². The molecule has 1 aliphatic carbocycles. The molecule has 2 aliphatic heterocycles. The minimum Gasteiger partial charge on any atom is -0.475 e. The Morgan fingerprint density at radius 3 is 2.20 bits per heavy atom. The average molecular weight is 437 g/mol. The Bertz CT molecular complexity index is 646. The maximum Gasteiger partial charge on any atom is 0.490 e. The van der Waals surface area contributed by atoms with Gasteiger partial charge in [0.15, 0.2) is 0 Å². The Balaban J connectivity index is 0.000000396. The molecule has 1 atom stereocenters. The lowest BCUT2D eigenvalue weighted by atomic mass is 9.89. The van der Waals surface area contributed by atoms with Gasteiger partial charge >= 0.3 is 12.1 Å². The van der Waals surface area contributed by atoms with E-state index in [0.717, 1.165) is 19.0 Å². The van der Waals surface area contributed by atoms with E-state index in [0.29, 0.717) is 32.0 Å². The van der Waals surface area contributed by atoms with Crippen molar-refractivity contribution in [2.24, 2.45) is 11.8 Å². The lowest BCUT2D eigenvalue weighted by Gasteiger charge is -2.55. The molecule has 1 spiro atoms. The molecule has 0 aromatic heterocycles. The van der Waals surface area contributed by atoms with Gasteiger partial charge in [0.25, 0.3) is 0 Å². The van der Waals surface area contributed by atoms with E-state index in [1.807, 2.05) is 4.90 Å². The number of ether oxygens (including phenoxy) is 1. The smallest absolute Gasteiger partial charge is 0.475 e. The summed E-state index contributed by atoms with van der Waals surface area (Å²) in [6, 6.07) is -0.188. The molecule has 1 saturated carbocycles. The molecular weight excluding hydrogens is 407 g/mol. The highest BCUT2D eigenvalue weighted by atomic mass is 19.4. The maximum absolute atomic E-state index is 12.1. The third kappa shape index (κ3) is 6.56. The van der Waals surface area contributed by atoms with Gasteiger partial charge in [-0.25, -0.2) is 4.79 Å². The van der Waals surface area contributed by atoms with Gasteiger partial charge in [0.05, 0.1) is 19.7 Å². The molecule has 2 N–H and O–H groups in total. The minimum atomic E-state index is -5.08. The normalized spacial score (nSPS) is 23.4. The van der Waals surface area contributed by atoms with E-state index in [4.69, 9.17) is 14.6 Å². The number of hydrogen-bond acceptors (Lipinski definition) is 5. The van der Waals surface area contributed by atoms with Crippen molar-refractivity contribution in [1.82, 2.24) is 15.1 Å². The number of carboxylic acid groups (broad SMARTS) is 1. The first-order valence-corrected chi connectivity index (χ1v) is 10.0. The number of hydrogen-bond donors (Lipinski definition) is 2. The van der Waals surface area contributed by atoms with Crippen LogP contribution < -0.4 is 5.32 Å². The Morgan fingerprint density at radius 2 is 1.77 bits per heavy atom. The fourth-order valence-corrected chi connectivity index (χ4v) is 3.61. The topological polar surface area (TPSA) is 99.2 Å². The molecule has 8 nitrogen and oxygen atoms in total. The van der Waals surface area contributed by atoms with Crippen LogP contribution in [0.1, 0.15) is 33.1 Å². The SMILES string of the molecule is CNC(=O)C1COC2(CN(C(=O)CC(C)C)C2)CN1CC1CC1.O=C(O)C(F)(F)F. The van der Waals surface area contributed by atoms with Crippen LogP contribution in [0.5, 0.6) is 0 Å². The molecule has 3 aliphatic rings. The molecule has 2 heterocycles. The van der Waals surface area contributed by atoms with Crippen LogP contribution in [0.25, 0.3) is 0 Å². The van der Waals surface area contributed by atoms with Crippen molar-refractivity contribution in [2.45, 2.75) is 50.9 Å². The van der Waals surface area contributed by atoms with Gasteiger partial charge in [0, 0.05) is 26.6 Å². The Hall–Kier alpha value is -1.88. The second kappa shape index (κ2) is 9.51. The summed E-state index contributed by atoms with van der Waals surface area (Å²) in [4.78, 5) is 37.3. The fraction of sp³-hybridized carbons (Fsp3) is 0.842. The molecule has 1 unspecified atom stereocenters. The molecule has 2 amide bonds. The highest BCUT2D eigenvalue weighted by Gasteiger charge is 2.52. The third-order valence-electron chi connectivity index (χ3n) is 5.35. The second-order valence-electron chi connectivity index (χ2n) is 8.65. The number of carboxylic acids is 1. The number of nitrogens with one attached hydrogen (secondary N) is 1. The number of amides is 2. The number of carbonyl (C=O) groups is 3. The molecule has 30 heavy (non-hydrogen) atoms. The first-order chi connectivity index (χ1) is 13.9. The molecule has 0 radical (unpaired) electrons. The summed E-state index contributed by atoms with van der Waals surface area (Å²) in [5.74, 6) is -1.39. The first-order valence-electron chi connectivity index (χ1n) is 10.0. The summed E-state index contributed by atoms with van der Waals surface area (Å²) in [6.45, 7) is 7.63. The van der Waals surface area contributed by atoms with Gasteiger partial charge in [-0.3, -0.25) is 14.5 Å². The van der Waals surface area contributed by atoms with Crippen molar-refractivity contribution in [1.29, 1.82) is 0 Å². The highest BCUT2D eigenvalue weighted by molar-refractivity contribution is 5.82. The highest BCUT2D eigenvalue weighted by Crippen LogP contribution is 2.36. The Kier molecular flexibility index (Phi) is 7.73. The zero-order chi connectivity index (χ0) is 22.7. The molecule has 11 heteroatoms. The third-order valence-corrected chi connectivity index (χ3v) is 5.35. The maximum atomic E-state index is 12.1. The summed E-state index contributed by atoms with van der Waals surface area (Å²) in [7, 11) is 1.68. The zero-order valence-corrected chi connectivity index (χ0v) is 17.5. The van der Waals surface area contributed by atoms with Gasteiger partial charge < -0.3 is 20.1 Å². The number of aliphatic carboxylic acids is 1. The van der Waals surface area contributed by atoms with E-state index in [9.17, 15) is 22.8 Å². The van der Waals surface area contributed by atoms with E-state index in [-0.39, 0.29) is 23.5 Å². The predicted octanol–water partition coefficient (Wildman–Crippen LogP) is 1.10. The summed E-state index contributed by atoms with van der Waals surface area (Å²) in [5.41, 5.74) is -0.258. The second-order valence-corrected chi connectivity index (χ2v) is 8.65. The van der Waals surface area contributed by atoms with Crippen LogP contribution in [-0.2, 0) is 19.1 Å². The minimum absolute atomic E-state index is 0.0348. The van der Waals surface area contributed by atoms with Gasteiger partial charge in [0.2, 0.25) is 11.8 Å². The van der Waals surface area contributed by atoms with E-state index >= 15 is 0 Å². The summed E-state index contributed by atoms with van der Waals surface area (Å²) in [6.07, 6.45) is -1.95. The first kappa shape index (κ1) is 24.4. The number of nitrogens with zero attached hydrogens (tertiary/aromatic N) is 2. The van der Waals surface area contributed by atoms with E-state index in [1.165, 1.54) is 12.8 Å². The van der Waals surface area contributed by atoms with Gasteiger partial charge in [-0.05, 0) is 24.7 Å². The molecule has 3 fully saturated rings. The van der Waals surface area contributed by atoms with Gasteiger partial charge in [-0.1, -0.05) is 13.8 Å². The van der Waals surface area contributed by atoms with Crippen molar-refractivity contribution in [3.8, 4) is 0 Å². The van der Waals surface area contributed by atoms with Crippen LogP contribution in [-0.4, -0.2) is 90.3 Å². The number of alkyl halides is 3. The van der Waals surface area contributed by atoms with Gasteiger partial charge in [-0.2, -0.15) is 13.2 Å². The largest absolute Gasteiger partial charge is 0.490 e. The lowest BCUT2D eigenvalue weighted by molar-refractivity contribution is -0.204. The summed E-state index contributed by atoms with van der Waals surface area (Å²) >= 11 is 0. The van der Waals surface area contributed by atoms with E-state index in [2.05, 4.69) is 24.1 Å². The zero-order valence-electron chi connectivity index (χ0n) is 17.5. The Labute approximate surface area is 173 Å². The predicted molar refractivity (Wildman–Crippen MR) is 101 cm³/mol. The number of carbonyl (C=O) groups excluding carboxylic acids is 2. The molecule has 0 aromatic carbocycles. The van der Waals surface area contributed by atoms with Crippen LogP contribution in [0.15, 0.2) is 0 Å². The number of rotatable bonds is 5. The Morgan fingerprint density at radius 1 is 1.20 bits per heavy atom. The van der Waals surface area contributed by atoms with Crippen molar-refractivity contribution in [3.05, 3.63) is 0 Å². The molecule has 172 valence electrons. The van der Waals surface area contributed by atoms with Crippen molar-refractivity contribution < 1.29 is 37.4 Å². The number of likely N-dealkylation sites (tertiary alicyclic amines) is 1. The molecule has 3 rings (SSSR count). The average Bonchev–Trinajstić information content (AvgIpc) is 3.42. The fourth-order valence-electron chi connectivity index (χ4n) is 3.61. The van der Waals surface area contributed by atoms with Crippen LogP contribution in [0.2, 0.25) is 0 Å². The molecule has 2 saturated heterocycles. The molecule has 0 aromatic rings. The number of halogens is 3. The molecular formula is C19H30F3N3O5. The molecule has 0 bridgehead atoms. The standard InChI is InChI=1S/C17H29N3O3.C2HF3O2/c1-12(2)6-15(21)20-10-17(11-20)9-19(7-13-4-5-13)14(8-23-17)16(22)18-3;3-2(4,5)1(6)7/h12-14H,4-11H2,1-3H3,(H,18,22);(H,6,7). The monoisotopic (exact) mass is 437 g/mol. The summed E-state index contributed by atoms with van der Waals surface area (Å²) in [5, 5.41) is 9.87. The summed E-state index contributed by atoms with van der Waals surface area (Å²) < 4.78 is 37.8. The number of morpholine rings is 1. The van der Waals surface area contributed by atoms with Crippen molar-refractivity contribution in [3.63, 3.8) is 0 Å². The quantitative estimate of drug-likeness (QED) is 0.669. The van der Waals surface area contributed by atoms with Crippen LogP contribution in [0, 0.1) is 11.8 Å². The van der Waals surface area contributed by atoms with Crippen LogP contribution >= 0.6 is 0 Å². The van der Waals surface area contributed by atoms with E-state index in [1.54, 1.807) is 7.05 Å². The van der Waals surface area contributed by atoms with E-state index < -0.39 is 12.1 Å².